The molecule has 3 aromatic rings. The Bertz CT molecular complexity index is 1140. The van der Waals surface area contributed by atoms with Gasteiger partial charge in [0.25, 0.3) is 5.91 Å². The minimum absolute atomic E-state index is 0.0771. The Morgan fingerprint density at radius 2 is 1.87 bits per heavy atom. The molecule has 0 aliphatic carbocycles. The average molecular weight is 418 g/mol. The molecular weight excluding hydrogens is 401 g/mol. The van der Waals surface area contributed by atoms with Crippen LogP contribution in [0.25, 0.3) is 11.0 Å². The number of halogens is 3. The zero-order chi connectivity index (χ0) is 21.3. The summed E-state index contributed by atoms with van der Waals surface area (Å²) in [5.41, 5.74) is -0.968. The second-order valence-corrected chi connectivity index (χ2v) is 6.97. The topological polar surface area (TPSA) is 88.3 Å². The van der Waals surface area contributed by atoms with Crippen molar-refractivity contribution in [2.24, 2.45) is 0 Å². The van der Waals surface area contributed by atoms with E-state index in [1.165, 1.54) is 0 Å². The van der Waals surface area contributed by atoms with Crippen molar-refractivity contribution in [1.29, 1.82) is 0 Å². The van der Waals surface area contributed by atoms with Gasteiger partial charge in [-0.1, -0.05) is 12.1 Å². The number of fused-ring (bicyclic) bond motifs is 1. The number of aromatic nitrogens is 2. The van der Waals surface area contributed by atoms with E-state index >= 15 is 0 Å². The van der Waals surface area contributed by atoms with Crippen molar-refractivity contribution < 1.29 is 22.4 Å². The highest BCUT2D eigenvalue weighted by atomic mass is 19.4. The van der Waals surface area contributed by atoms with Gasteiger partial charge in [0.2, 0.25) is 0 Å². The number of benzene rings is 1. The summed E-state index contributed by atoms with van der Waals surface area (Å²) in [5, 5.41) is 3.22. The van der Waals surface area contributed by atoms with Gasteiger partial charge in [0.15, 0.2) is 11.2 Å². The number of nitrogens with zero attached hydrogens (tertiary/aromatic N) is 3. The fourth-order valence-electron chi connectivity index (χ4n) is 3.40. The number of hydrogen-bond donors (Lipinski definition) is 1. The molecule has 0 bridgehead atoms. The lowest BCUT2D eigenvalue weighted by Gasteiger charge is -2.33. The van der Waals surface area contributed by atoms with Gasteiger partial charge in [0, 0.05) is 31.3 Å². The summed E-state index contributed by atoms with van der Waals surface area (Å²) in [6.07, 6.45) is -2.62. The van der Waals surface area contributed by atoms with E-state index in [2.05, 4.69) is 15.3 Å². The second kappa shape index (κ2) is 7.77. The van der Waals surface area contributed by atoms with Crippen LogP contribution < -0.4 is 15.6 Å². The molecule has 1 amide bonds. The Kier molecular flexibility index (Phi) is 5.15. The predicted molar refractivity (Wildman–Crippen MR) is 102 cm³/mol. The summed E-state index contributed by atoms with van der Waals surface area (Å²) in [6.45, 7) is 0.835. The average Bonchev–Trinajstić information content (AvgIpc) is 2.74. The van der Waals surface area contributed by atoms with Crippen LogP contribution in [-0.4, -0.2) is 35.0 Å². The Hall–Kier alpha value is -3.43. The third-order valence-electron chi connectivity index (χ3n) is 4.96. The molecule has 1 aliphatic heterocycles. The molecule has 1 saturated heterocycles. The van der Waals surface area contributed by atoms with E-state index in [-0.39, 0.29) is 23.0 Å². The lowest BCUT2D eigenvalue weighted by atomic mass is 10.0. The zero-order valence-corrected chi connectivity index (χ0v) is 15.6. The Labute approximate surface area is 168 Å². The summed E-state index contributed by atoms with van der Waals surface area (Å²) < 4.78 is 44.1. The van der Waals surface area contributed by atoms with Crippen molar-refractivity contribution in [1.82, 2.24) is 15.3 Å². The molecule has 156 valence electrons. The maximum atomic E-state index is 12.8. The first-order valence-corrected chi connectivity index (χ1v) is 9.29. The van der Waals surface area contributed by atoms with Crippen molar-refractivity contribution in [3.63, 3.8) is 0 Å². The number of carbonyl (C=O) groups is 1. The molecule has 10 heteroatoms. The smallest absolute Gasteiger partial charge is 0.433 e. The van der Waals surface area contributed by atoms with Crippen LogP contribution in [0.2, 0.25) is 0 Å². The monoisotopic (exact) mass is 418 g/mol. The first-order chi connectivity index (χ1) is 14.3. The molecule has 1 fully saturated rings. The number of alkyl halides is 3. The number of carbonyl (C=O) groups excluding carboxylic acids is 1. The summed E-state index contributed by atoms with van der Waals surface area (Å²) >= 11 is 0. The van der Waals surface area contributed by atoms with E-state index in [9.17, 15) is 22.8 Å². The Balaban J connectivity index is 1.41. The van der Waals surface area contributed by atoms with Crippen molar-refractivity contribution in [2.75, 3.05) is 18.0 Å². The predicted octanol–water partition coefficient (Wildman–Crippen LogP) is 3.00. The Morgan fingerprint density at radius 1 is 1.13 bits per heavy atom. The van der Waals surface area contributed by atoms with Crippen molar-refractivity contribution in [3.05, 3.63) is 64.4 Å². The normalized spacial score (nSPS) is 15.4. The minimum atomic E-state index is -4.53. The molecule has 7 nitrogen and oxygen atoms in total. The standard InChI is InChI=1S/C20H17F3N4O3/c21-20(22,23)17-10-18(25-11-24-17)27-7-5-12(6-8-27)26-19(29)16-9-14(28)13-3-1-2-4-15(13)30-16/h1-4,9-12H,5-8H2,(H,26,29). The minimum Gasteiger partial charge on any atom is -0.451 e. The van der Waals surface area contributed by atoms with E-state index in [0.29, 0.717) is 36.9 Å². The molecule has 1 aromatic carbocycles. The van der Waals surface area contributed by atoms with Crippen LogP contribution in [0.1, 0.15) is 29.1 Å². The van der Waals surface area contributed by atoms with Gasteiger partial charge in [0.1, 0.15) is 23.4 Å². The van der Waals surface area contributed by atoms with Crippen molar-refractivity contribution in [3.8, 4) is 0 Å². The van der Waals surface area contributed by atoms with Crippen LogP contribution in [0.4, 0.5) is 19.0 Å². The van der Waals surface area contributed by atoms with Gasteiger partial charge in [-0.15, -0.1) is 0 Å². The Morgan fingerprint density at radius 3 is 2.60 bits per heavy atom. The molecular formula is C20H17F3N4O3. The molecule has 0 radical (unpaired) electrons. The molecule has 0 atom stereocenters. The van der Waals surface area contributed by atoms with Gasteiger partial charge >= 0.3 is 6.18 Å². The summed E-state index contributed by atoms with van der Waals surface area (Å²) in [5.74, 6) is -0.382. The number of amides is 1. The van der Waals surface area contributed by atoms with E-state index in [0.717, 1.165) is 18.5 Å². The number of nitrogens with one attached hydrogen (secondary N) is 1. The van der Waals surface area contributed by atoms with E-state index in [1.54, 1.807) is 29.2 Å². The van der Waals surface area contributed by atoms with Crippen LogP contribution in [0.3, 0.4) is 0 Å². The maximum Gasteiger partial charge on any atom is 0.433 e. The highest BCUT2D eigenvalue weighted by Crippen LogP contribution is 2.29. The molecule has 0 unspecified atom stereocenters. The summed E-state index contributed by atoms with van der Waals surface area (Å²) in [7, 11) is 0. The maximum absolute atomic E-state index is 12.8. The molecule has 2 aromatic heterocycles. The van der Waals surface area contributed by atoms with Gasteiger partial charge < -0.3 is 14.6 Å². The largest absolute Gasteiger partial charge is 0.451 e. The summed E-state index contributed by atoms with van der Waals surface area (Å²) in [6, 6.07) is 8.53. The molecule has 30 heavy (non-hydrogen) atoms. The molecule has 0 spiro atoms. The molecule has 1 aliphatic rings. The SMILES string of the molecule is O=C(NC1CCN(c2cc(C(F)(F)F)ncn2)CC1)c1cc(=O)c2ccccc2o1. The molecule has 3 heterocycles. The lowest BCUT2D eigenvalue weighted by Crippen LogP contribution is -2.45. The number of hydrogen-bond acceptors (Lipinski definition) is 6. The van der Waals surface area contributed by atoms with Crippen LogP contribution in [0.5, 0.6) is 0 Å². The van der Waals surface area contributed by atoms with Crippen molar-refractivity contribution >= 4 is 22.7 Å². The number of para-hydroxylation sites is 1. The highest BCUT2D eigenvalue weighted by molar-refractivity contribution is 5.93. The molecule has 4 rings (SSSR count). The van der Waals surface area contributed by atoms with Crippen LogP contribution in [-0.2, 0) is 6.18 Å². The first-order valence-electron chi connectivity index (χ1n) is 9.29. The second-order valence-electron chi connectivity index (χ2n) is 6.97. The first kappa shape index (κ1) is 19.9. The highest BCUT2D eigenvalue weighted by Gasteiger charge is 2.33. The third kappa shape index (κ3) is 4.12. The molecule has 0 saturated carbocycles. The third-order valence-corrected chi connectivity index (χ3v) is 4.96. The lowest BCUT2D eigenvalue weighted by molar-refractivity contribution is -0.141. The zero-order valence-electron chi connectivity index (χ0n) is 15.6. The number of anilines is 1. The number of piperidine rings is 1. The quantitative estimate of drug-likeness (QED) is 0.704. The van der Waals surface area contributed by atoms with E-state index < -0.39 is 17.8 Å². The van der Waals surface area contributed by atoms with Crippen LogP contribution >= 0.6 is 0 Å². The summed E-state index contributed by atoms with van der Waals surface area (Å²) in [4.78, 5) is 33.6. The fourth-order valence-corrected chi connectivity index (χ4v) is 3.40. The van der Waals surface area contributed by atoms with Gasteiger partial charge in [-0.05, 0) is 25.0 Å². The van der Waals surface area contributed by atoms with Gasteiger partial charge in [-0.3, -0.25) is 9.59 Å². The van der Waals surface area contributed by atoms with Crippen LogP contribution in [0.15, 0.2) is 51.9 Å². The van der Waals surface area contributed by atoms with Gasteiger partial charge in [-0.25, -0.2) is 9.97 Å². The van der Waals surface area contributed by atoms with E-state index in [1.807, 2.05) is 0 Å². The van der Waals surface area contributed by atoms with Gasteiger partial charge in [0.05, 0.1) is 5.39 Å². The van der Waals surface area contributed by atoms with E-state index in [4.69, 9.17) is 4.42 Å². The molecule has 1 N–H and O–H groups in total. The van der Waals surface area contributed by atoms with Crippen LogP contribution in [0, 0.1) is 0 Å². The van der Waals surface area contributed by atoms with Gasteiger partial charge in [-0.2, -0.15) is 13.2 Å². The number of rotatable bonds is 3. The van der Waals surface area contributed by atoms with Crippen molar-refractivity contribution in [2.45, 2.75) is 25.1 Å². The fraction of sp³-hybridized carbons (Fsp3) is 0.300.